The molecule has 0 aliphatic heterocycles. The Balaban J connectivity index is 1.74. The lowest BCUT2D eigenvalue weighted by molar-refractivity contribution is 0.312. The Morgan fingerprint density at radius 2 is 2.22 bits per heavy atom. The second-order valence-electron chi connectivity index (χ2n) is 5.53. The van der Waals surface area contributed by atoms with Gasteiger partial charge < -0.3 is 0 Å². The second-order valence-corrected chi connectivity index (χ2v) is 5.53. The first-order valence-electron chi connectivity index (χ1n) is 7.09. The molecule has 1 aromatic heterocycles. The smallest absolute Gasteiger partial charge is 0.0843 e. The number of rotatable bonds is 6. The largest absolute Gasteiger partial charge is 0.271 e. The van der Waals surface area contributed by atoms with E-state index < -0.39 is 0 Å². The molecule has 0 aromatic carbocycles. The molecule has 1 saturated carbocycles. The van der Waals surface area contributed by atoms with Crippen molar-refractivity contribution in [3.05, 3.63) is 11.9 Å². The van der Waals surface area contributed by atoms with E-state index in [9.17, 15) is 0 Å². The van der Waals surface area contributed by atoms with Crippen LogP contribution in [0.2, 0.25) is 0 Å². The van der Waals surface area contributed by atoms with Crippen molar-refractivity contribution < 1.29 is 0 Å². The highest BCUT2D eigenvalue weighted by molar-refractivity contribution is 4.95. The third-order valence-corrected chi connectivity index (χ3v) is 3.99. The maximum atomic E-state index is 5.64. The van der Waals surface area contributed by atoms with Gasteiger partial charge in [0.2, 0.25) is 0 Å². The predicted octanol–water partition coefficient (Wildman–Crippen LogP) is 1.55. The molecule has 1 aromatic rings. The summed E-state index contributed by atoms with van der Waals surface area (Å²) in [5.74, 6) is 6.55. The van der Waals surface area contributed by atoms with Gasteiger partial charge >= 0.3 is 0 Å². The first-order valence-corrected chi connectivity index (χ1v) is 7.09. The van der Waals surface area contributed by atoms with E-state index in [1.165, 1.54) is 38.5 Å². The van der Waals surface area contributed by atoms with Gasteiger partial charge in [0.15, 0.2) is 0 Å². The molecule has 0 amide bonds. The highest BCUT2D eigenvalue weighted by Gasteiger charge is 2.16. The van der Waals surface area contributed by atoms with Gasteiger partial charge in [-0.3, -0.25) is 16.0 Å². The fourth-order valence-electron chi connectivity index (χ4n) is 2.90. The highest BCUT2D eigenvalue weighted by atomic mass is 15.4. The third kappa shape index (κ3) is 4.07. The van der Waals surface area contributed by atoms with Crippen molar-refractivity contribution in [2.45, 2.75) is 57.4 Å². The minimum absolute atomic E-state index is 0.323. The number of aromatic nitrogens is 3. The average Bonchev–Trinajstić information content (AvgIpc) is 2.81. The Kier molecular flexibility index (Phi) is 5.13. The summed E-state index contributed by atoms with van der Waals surface area (Å²) in [4.78, 5) is 0. The number of aryl methyl sites for hydroxylation is 1. The van der Waals surface area contributed by atoms with Crippen molar-refractivity contribution in [1.29, 1.82) is 0 Å². The molecule has 1 fully saturated rings. The maximum absolute atomic E-state index is 5.64. The molecular weight excluding hydrogens is 226 g/mol. The fraction of sp³-hybridized carbons (Fsp3) is 0.846. The van der Waals surface area contributed by atoms with E-state index in [1.807, 2.05) is 13.2 Å². The van der Waals surface area contributed by atoms with Gasteiger partial charge in [-0.05, 0) is 18.8 Å². The molecule has 1 aliphatic rings. The zero-order chi connectivity index (χ0) is 12.8. The molecule has 3 N–H and O–H groups in total. The third-order valence-electron chi connectivity index (χ3n) is 3.99. The van der Waals surface area contributed by atoms with Crippen molar-refractivity contribution >= 4 is 0 Å². The molecule has 0 radical (unpaired) electrons. The monoisotopic (exact) mass is 251 g/mol. The molecule has 1 unspecified atom stereocenters. The molecule has 5 nitrogen and oxygen atoms in total. The van der Waals surface area contributed by atoms with Crippen LogP contribution >= 0.6 is 0 Å². The van der Waals surface area contributed by atoms with E-state index in [0.29, 0.717) is 6.04 Å². The van der Waals surface area contributed by atoms with Gasteiger partial charge in [-0.2, -0.15) is 0 Å². The van der Waals surface area contributed by atoms with Gasteiger partial charge in [0.1, 0.15) is 0 Å². The molecule has 18 heavy (non-hydrogen) atoms. The molecule has 102 valence electrons. The highest BCUT2D eigenvalue weighted by Crippen LogP contribution is 2.27. The number of hydrogen-bond donors (Lipinski definition) is 2. The van der Waals surface area contributed by atoms with Crippen LogP contribution in [0.15, 0.2) is 6.20 Å². The van der Waals surface area contributed by atoms with Crippen LogP contribution in [0.4, 0.5) is 0 Å². The van der Waals surface area contributed by atoms with Gasteiger partial charge in [0.05, 0.1) is 5.69 Å². The van der Waals surface area contributed by atoms with Gasteiger partial charge in [0, 0.05) is 25.7 Å². The van der Waals surface area contributed by atoms with Gasteiger partial charge in [0.25, 0.3) is 0 Å². The zero-order valence-electron chi connectivity index (χ0n) is 11.3. The molecule has 1 atom stereocenters. The van der Waals surface area contributed by atoms with Crippen LogP contribution in [0.1, 0.15) is 50.6 Å². The van der Waals surface area contributed by atoms with Gasteiger partial charge in [-0.25, -0.2) is 0 Å². The number of hydrazine groups is 1. The van der Waals surface area contributed by atoms with Crippen molar-refractivity contribution in [3.63, 3.8) is 0 Å². The number of hydrogen-bond acceptors (Lipinski definition) is 4. The van der Waals surface area contributed by atoms with Gasteiger partial charge in [-0.15, -0.1) is 5.10 Å². The summed E-state index contributed by atoms with van der Waals surface area (Å²) in [6.45, 7) is 0. The van der Waals surface area contributed by atoms with Crippen molar-refractivity contribution in [2.24, 2.45) is 18.8 Å². The molecule has 0 bridgehead atoms. The predicted molar refractivity (Wildman–Crippen MR) is 71.6 cm³/mol. The summed E-state index contributed by atoms with van der Waals surface area (Å²) in [6.07, 6.45) is 12.3. The molecule has 1 aliphatic carbocycles. The Hall–Kier alpha value is -0.940. The summed E-state index contributed by atoms with van der Waals surface area (Å²) >= 11 is 0. The minimum Gasteiger partial charge on any atom is -0.271 e. The lowest BCUT2D eigenvalue weighted by Gasteiger charge is -2.23. The Morgan fingerprint density at radius 1 is 1.44 bits per heavy atom. The molecule has 1 heterocycles. The molecule has 2 rings (SSSR count). The quantitative estimate of drug-likeness (QED) is 0.594. The first-order chi connectivity index (χ1) is 8.78. The Morgan fingerprint density at radius 3 is 2.83 bits per heavy atom. The number of nitrogens with two attached hydrogens (primary N) is 1. The Bertz CT molecular complexity index is 343. The van der Waals surface area contributed by atoms with Crippen molar-refractivity contribution in [3.8, 4) is 0 Å². The van der Waals surface area contributed by atoms with Crippen LogP contribution in [-0.2, 0) is 13.5 Å². The lowest BCUT2D eigenvalue weighted by atomic mass is 9.85. The average molecular weight is 251 g/mol. The van der Waals surface area contributed by atoms with Gasteiger partial charge in [-0.1, -0.05) is 37.3 Å². The van der Waals surface area contributed by atoms with Crippen molar-refractivity contribution in [2.75, 3.05) is 0 Å². The Labute approximate surface area is 109 Å². The number of nitrogens with zero attached hydrogens (tertiary/aromatic N) is 3. The fourth-order valence-corrected chi connectivity index (χ4v) is 2.90. The summed E-state index contributed by atoms with van der Waals surface area (Å²) < 4.78 is 1.74. The standard InChI is InChI=1S/C13H25N5/c1-18-10-13(16-17-18)9-12(15-14)8-7-11-5-3-2-4-6-11/h10-12,15H,2-9,14H2,1H3. The van der Waals surface area contributed by atoms with E-state index >= 15 is 0 Å². The molecule has 0 saturated heterocycles. The summed E-state index contributed by atoms with van der Waals surface area (Å²) in [6, 6.07) is 0.323. The zero-order valence-corrected chi connectivity index (χ0v) is 11.3. The van der Waals surface area contributed by atoms with Crippen LogP contribution in [0.3, 0.4) is 0 Å². The van der Waals surface area contributed by atoms with Crippen LogP contribution < -0.4 is 11.3 Å². The van der Waals surface area contributed by atoms with Crippen LogP contribution in [-0.4, -0.2) is 21.0 Å². The summed E-state index contributed by atoms with van der Waals surface area (Å²) in [7, 11) is 1.89. The summed E-state index contributed by atoms with van der Waals surface area (Å²) in [5.41, 5.74) is 3.94. The van der Waals surface area contributed by atoms with E-state index in [4.69, 9.17) is 5.84 Å². The first kappa shape index (κ1) is 13.5. The van der Waals surface area contributed by atoms with E-state index in [-0.39, 0.29) is 0 Å². The minimum atomic E-state index is 0.323. The molecule has 5 heteroatoms. The summed E-state index contributed by atoms with van der Waals surface area (Å²) in [5, 5.41) is 8.07. The topological polar surface area (TPSA) is 68.8 Å². The van der Waals surface area contributed by atoms with E-state index in [1.54, 1.807) is 4.68 Å². The molecule has 0 spiro atoms. The maximum Gasteiger partial charge on any atom is 0.0843 e. The lowest BCUT2D eigenvalue weighted by Crippen LogP contribution is -2.37. The normalized spacial score (nSPS) is 19.0. The number of nitrogens with one attached hydrogen (secondary N) is 1. The SMILES string of the molecule is Cn1cc(CC(CCC2CCCCC2)NN)nn1. The van der Waals surface area contributed by atoms with Crippen molar-refractivity contribution in [1.82, 2.24) is 20.4 Å². The van der Waals surface area contributed by atoms with E-state index in [2.05, 4.69) is 15.7 Å². The van der Waals surface area contributed by atoms with Crippen LogP contribution in [0, 0.1) is 5.92 Å². The second kappa shape index (κ2) is 6.85. The van der Waals surface area contributed by atoms with Crippen LogP contribution in [0.25, 0.3) is 0 Å². The van der Waals surface area contributed by atoms with E-state index in [0.717, 1.165) is 24.5 Å². The molecular formula is C13H25N5. The van der Waals surface area contributed by atoms with Crippen LogP contribution in [0.5, 0.6) is 0 Å².